The number of hydrogen-bond acceptors (Lipinski definition) is 4. The Bertz CT molecular complexity index is 259. The van der Waals surface area contributed by atoms with Gasteiger partial charge in [0.25, 0.3) is 0 Å². The van der Waals surface area contributed by atoms with Crippen LogP contribution >= 0.6 is 0 Å². The van der Waals surface area contributed by atoms with Crippen molar-refractivity contribution >= 4 is 11.7 Å². The van der Waals surface area contributed by atoms with Crippen molar-refractivity contribution in [1.29, 1.82) is 0 Å². The molecule has 0 radical (unpaired) electrons. The molecule has 4 N–H and O–H groups in total. The van der Waals surface area contributed by atoms with Crippen LogP contribution in [0, 0.1) is 0 Å². The van der Waals surface area contributed by atoms with E-state index in [1.165, 1.54) is 18.3 Å². The smallest absolute Gasteiger partial charge is 0.250 e. The van der Waals surface area contributed by atoms with Gasteiger partial charge in [0.1, 0.15) is 5.82 Å². The highest BCUT2D eigenvalue weighted by atomic mass is 16.4. The van der Waals surface area contributed by atoms with Crippen molar-refractivity contribution < 1.29 is 9.53 Å². The van der Waals surface area contributed by atoms with Gasteiger partial charge in [0.2, 0.25) is 5.91 Å². The van der Waals surface area contributed by atoms with Gasteiger partial charge < -0.3 is 16.2 Å². The van der Waals surface area contributed by atoms with Gasteiger partial charge in [-0.25, -0.2) is 4.98 Å². The highest BCUT2D eigenvalue weighted by Gasteiger charge is 1.97. The van der Waals surface area contributed by atoms with Crippen molar-refractivity contribution in [3.05, 3.63) is 23.9 Å². The Morgan fingerprint density at radius 3 is 2.31 bits per heavy atom. The third-order valence-electron chi connectivity index (χ3n) is 1.07. The summed E-state index contributed by atoms with van der Waals surface area (Å²) < 4.78 is 4.25. The van der Waals surface area contributed by atoms with Crippen LogP contribution < -0.4 is 11.5 Å². The second kappa shape index (κ2) is 5.96. The lowest BCUT2D eigenvalue weighted by Gasteiger charge is -1.93. The molecule has 5 nitrogen and oxygen atoms in total. The summed E-state index contributed by atoms with van der Waals surface area (Å²) in [6.07, 6.45) is 1.34. The van der Waals surface area contributed by atoms with Crippen molar-refractivity contribution in [3.63, 3.8) is 0 Å². The second-order valence-electron chi connectivity index (χ2n) is 2.24. The predicted molar refractivity (Wildman–Crippen MR) is 50.1 cm³/mol. The fourth-order valence-electron chi connectivity index (χ4n) is 0.551. The average molecular weight is 183 g/mol. The molecule has 5 heteroatoms. The number of amides is 1. The van der Waals surface area contributed by atoms with Crippen molar-refractivity contribution in [2.45, 2.75) is 0 Å². The van der Waals surface area contributed by atoms with E-state index in [9.17, 15) is 4.79 Å². The Labute approximate surface area is 76.7 Å². The summed E-state index contributed by atoms with van der Waals surface area (Å²) in [6.45, 7) is 0. The Balaban J connectivity index is 0.000000424. The van der Waals surface area contributed by atoms with Crippen LogP contribution in [-0.4, -0.2) is 25.1 Å². The van der Waals surface area contributed by atoms with Crippen LogP contribution in [0.1, 0.15) is 10.4 Å². The van der Waals surface area contributed by atoms with Crippen LogP contribution in [0.3, 0.4) is 0 Å². The van der Waals surface area contributed by atoms with Crippen LogP contribution in [0.15, 0.2) is 18.3 Å². The number of methoxy groups -OCH3 is 1. The lowest BCUT2D eigenvalue weighted by atomic mass is 10.3. The molecule has 0 fully saturated rings. The number of aromatic nitrogens is 1. The zero-order valence-electron chi connectivity index (χ0n) is 7.65. The first-order valence-corrected chi connectivity index (χ1v) is 3.53. The van der Waals surface area contributed by atoms with Gasteiger partial charge >= 0.3 is 0 Å². The minimum Gasteiger partial charge on any atom is -0.388 e. The number of nitrogens with zero attached hydrogens (tertiary/aromatic N) is 1. The van der Waals surface area contributed by atoms with E-state index in [1.807, 2.05) is 0 Å². The molecule has 0 aliphatic carbocycles. The van der Waals surface area contributed by atoms with E-state index in [-0.39, 0.29) is 0 Å². The molecular formula is C8H13N3O2. The van der Waals surface area contributed by atoms with Gasteiger partial charge in [0.05, 0.1) is 5.56 Å². The minimum atomic E-state index is -0.493. The largest absolute Gasteiger partial charge is 0.388 e. The first-order valence-electron chi connectivity index (χ1n) is 3.53. The van der Waals surface area contributed by atoms with Gasteiger partial charge in [-0.05, 0) is 12.1 Å². The van der Waals surface area contributed by atoms with Crippen LogP contribution in [0.4, 0.5) is 5.82 Å². The molecule has 0 bridgehead atoms. The lowest BCUT2D eigenvalue weighted by molar-refractivity contribution is 0.1000. The first kappa shape index (κ1) is 11.4. The number of hydrogen-bond donors (Lipinski definition) is 2. The number of primary amides is 1. The maximum absolute atomic E-state index is 10.5. The molecule has 72 valence electrons. The number of anilines is 1. The van der Waals surface area contributed by atoms with Gasteiger partial charge in [-0.15, -0.1) is 0 Å². The maximum atomic E-state index is 10.5. The van der Waals surface area contributed by atoms with Gasteiger partial charge in [0, 0.05) is 20.4 Å². The normalized spacial score (nSPS) is 8.46. The third-order valence-corrected chi connectivity index (χ3v) is 1.07. The summed E-state index contributed by atoms with van der Waals surface area (Å²) in [5.41, 5.74) is 10.6. The molecule has 0 spiro atoms. The van der Waals surface area contributed by atoms with E-state index in [1.54, 1.807) is 14.2 Å². The number of carbonyl (C=O) groups is 1. The molecule has 1 rings (SSSR count). The second-order valence-corrected chi connectivity index (χ2v) is 2.24. The quantitative estimate of drug-likeness (QED) is 0.642. The number of pyridine rings is 1. The zero-order chi connectivity index (χ0) is 10.3. The number of ether oxygens (including phenoxy) is 1. The average Bonchev–Trinajstić information content (AvgIpc) is 2.06. The summed E-state index contributed by atoms with van der Waals surface area (Å²) in [5, 5.41) is 0. The monoisotopic (exact) mass is 183 g/mol. The fraction of sp³-hybridized carbons (Fsp3) is 0.250. The van der Waals surface area contributed by atoms with Crippen LogP contribution in [0.5, 0.6) is 0 Å². The molecule has 1 aromatic heterocycles. The molecule has 13 heavy (non-hydrogen) atoms. The fourth-order valence-corrected chi connectivity index (χ4v) is 0.551. The van der Waals surface area contributed by atoms with E-state index in [0.29, 0.717) is 11.4 Å². The molecule has 0 saturated carbocycles. The number of nitrogen functional groups attached to an aromatic ring is 1. The van der Waals surface area contributed by atoms with E-state index in [0.717, 1.165) is 0 Å². The van der Waals surface area contributed by atoms with Gasteiger partial charge in [-0.1, -0.05) is 0 Å². The summed E-state index contributed by atoms with van der Waals surface area (Å²) in [6, 6.07) is 3.06. The van der Waals surface area contributed by atoms with Crippen LogP contribution in [-0.2, 0) is 4.74 Å². The van der Waals surface area contributed by atoms with Crippen LogP contribution in [0.2, 0.25) is 0 Å². The minimum absolute atomic E-state index is 0.370. The van der Waals surface area contributed by atoms with Crippen molar-refractivity contribution in [1.82, 2.24) is 4.98 Å². The van der Waals surface area contributed by atoms with Gasteiger partial charge in [-0.2, -0.15) is 0 Å². The highest BCUT2D eigenvalue weighted by Crippen LogP contribution is 1.98. The highest BCUT2D eigenvalue weighted by molar-refractivity contribution is 5.92. The standard InChI is InChI=1S/C6H7N3O.C2H6O/c7-5-2-1-4(3-9-5)6(8)10;1-3-2/h1-3H,(H2,7,9)(H2,8,10);1-2H3. The lowest BCUT2D eigenvalue weighted by Crippen LogP contribution is -2.11. The molecule has 0 atom stereocenters. The predicted octanol–water partition coefficient (Wildman–Crippen LogP) is 0.0253. The zero-order valence-corrected chi connectivity index (χ0v) is 7.65. The van der Waals surface area contributed by atoms with E-state index < -0.39 is 5.91 Å². The third kappa shape index (κ3) is 4.76. The summed E-state index contributed by atoms with van der Waals surface area (Å²) in [5.74, 6) is -0.113. The number of nitrogens with two attached hydrogens (primary N) is 2. The van der Waals surface area contributed by atoms with Crippen molar-refractivity contribution in [3.8, 4) is 0 Å². The first-order chi connectivity index (χ1) is 6.11. The van der Waals surface area contributed by atoms with Crippen LogP contribution in [0.25, 0.3) is 0 Å². The molecule has 0 aromatic carbocycles. The number of rotatable bonds is 1. The van der Waals surface area contributed by atoms with Crippen molar-refractivity contribution in [2.24, 2.45) is 5.73 Å². The van der Waals surface area contributed by atoms with E-state index >= 15 is 0 Å². The maximum Gasteiger partial charge on any atom is 0.250 e. The summed E-state index contributed by atoms with van der Waals surface area (Å²) in [7, 11) is 3.25. The number of carbonyl (C=O) groups excluding carboxylic acids is 1. The van der Waals surface area contributed by atoms with Crippen molar-refractivity contribution in [2.75, 3.05) is 20.0 Å². The molecule has 0 saturated heterocycles. The molecule has 1 heterocycles. The van der Waals surface area contributed by atoms with Gasteiger partial charge in [0.15, 0.2) is 0 Å². The molecule has 1 aromatic rings. The molecule has 0 unspecified atom stereocenters. The van der Waals surface area contributed by atoms with E-state index in [4.69, 9.17) is 11.5 Å². The Morgan fingerprint density at radius 1 is 1.46 bits per heavy atom. The SMILES string of the molecule is COC.NC(=O)c1ccc(N)nc1. The van der Waals surface area contributed by atoms with Gasteiger partial charge in [-0.3, -0.25) is 4.79 Å². The van der Waals surface area contributed by atoms with E-state index in [2.05, 4.69) is 9.72 Å². The Kier molecular flexibility index (Phi) is 5.22. The topological polar surface area (TPSA) is 91.2 Å². The molecule has 0 aliphatic heterocycles. The molecule has 1 amide bonds. The molecule has 0 aliphatic rings. The Hall–Kier alpha value is -1.62. The molecular weight excluding hydrogens is 170 g/mol. The Morgan fingerprint density at radius 2 is 2.00 bits per heavy atom. The summed E-state index contributed by atoms with van der Waals surface area (Å²) >= 11 is 0. The summed E-state index contributed by atoms with van der Waals surface area (Å²) in [4.78, 5) is 14.1.